The van der Waals surface area contributed by atoms with Gasteiger partial charge in [0.2, 0.25) is 17.1 Å². The van der Waals surface area contributed by atoms with Gasteiger partial charge in [-0.25, -0.2) is 0 Å². The summed E-state index contributed by atoms with van der Waals surface area (Å²) in [5.74, 6) is -1.35. The highest BCUT2D eigenvalue weighted by molar-refractivity contribution is 5.89. The van der Waals surface area contributed by atoms with E-state index in [4.69, 9.17) is 19.6 Å². The molecule has 2 saturated heterocycles. The molecule has 28 heavy (non-hydrogen) atoms. The van der Waals surface area contributed by atoms with Crippen molar-refractivity contribution in [3.63, 3.8) is 0 Å². The first-order chi connectivity index (χ1) is 13.5. The molecule has 4 atom stereocenters. The Morgan fingerprint density at radius 3 is 2.39 bits per heavy atom. The van der Waals surface area contributed by atoms with E-state index in [2.05, 4.69) is 18.2 Å². The highest BCUT2D eigenvalue weighted by atomic mass is 16.7. The Kier molecular flexibility index (Phi) is 4.07. The predicted octanol–water partition coefficient (Wildman–Crippen LogP) is 3.59. The number of ether oxygens (including phenoxy) is 3. The molecular formula is C21H20N4O3. The molecule has 4 rings (SSSR count). The second kappa shape index (κ2) is 6.23. The van der Waals surface area contributed by atoms with Crippen LogP contribution in [-0.4, -0.2) is 18.8 Å². The fourth-order valence-electron chi connectivity index (χ4n) is 5.12. The summed E-state index contributed by atoms with van der Waals surface area (Å²) in [4.78, 5) is 0. The van der Waals surface area contributed by atoms with Gasteiger partial charge in [-0.2, -0.15) is 15.8 Å². The Morgan fingerprint density at radius 1 is 1.07 bits per heavy atom. The molecule has 1 saturated carbocycles. The monoisotopic (exact) mass is 376 g/mol. The maximum Gasteiger partial charge on any atom is 0.217 e. The molecule has 1 aliphatic carbocycles. The van der Waals surface area contributed by atoms with Crippen molar-refractivity contribution < 1.29 is 14.2 Å². The van der Waals surface area contributed by atoms with Gasteiger partial charge in [0.05, 0.1) is 31.2 Å². The Bertz CT molecular complexity index is 924. The van der Waals surface area contributed by atoms with Crippen LogP contribution in [0.5, 0.6) is 5.75 Å². The molecule has 142 valence electrons. The van der Waals surface area contributed by atoms with Crippen LogP contribution in [0, 0.1) is 56.2 Å². The number of methoxy groups -OCH3 is 1. The minimum absolute atomic E-state index is 0.319. The lowest BCUT2D eigenvalue weighted by Gasteiger charge is -2.49. The van der Waals surface area contributed by atoms with E-state index in [0.717, 1.165) is 19.3 Å². The Morgan fingerprint density at radius 2 is 1.79 bits per heavy atom. The maximum absolute atomic E-state index is 10.3. The zero-order valence-corrected chi connectivity index (χ0v) is 15.6. The average Bonchev–Trinajstić information content (AvgIpc) is 2.86. The van der Waals surface area contributed by atoms with E-state index in [1.54, 1.807) is 31.4 Å². The van der Waals surface area contributed by atoms with Crippen molar-refractivity contribution >= 4 is 5.90 Å². The molecule has 2 heterocycles. The van der Waals surface area contributed by atoms with Gasteiger partial charge >= 0.3 is 0 Å². The van der Waals surface area contributed by atoms with Crippen LogP contribution < -0.4 is 4.74 Å². The normalized spacial score (nSPS) is 35.3. The third-order valence-electron chi connectivity index (χ3n) is 6.48. The molecule has 2 aliphatic heterocycles. The van der Waals surface area contributed by atoms with Crippen LogP contribution in [-0.2, 0) is 9.47 Å². The van der Waals surface area contributed by atoms with E-state index in [1.165, 1.54) is 0 Å². The number of nitriles is 3. The lowest BCUT2D eigenvalue weighted by atomic mass is 9.52. The lowest BCUT2D eigenvalue weighted by molar-refractivity contribution is -0.284. The summed E-state index contributed by atoms with van der Waals surface area (Å²) in [6.07, 6.45) is 2.74. The van der Waals surface area contributed by atoms with E-state index >= 15 is 0 Å². The number of nitrogens with one attached hydrogen (secondary N) is 1. The molecule has 0 amide bonds. The van der Waals surface area contributed by atoms with Crippen LogP contribution in [0.25, 0.3) is 0 Å². The minimum atomic E-state index is -1.89. The molecule has 1 aromatic rings. The standard InChI is InChI=1S/C21H20N4O3/c1-26-15-8-6-14(7-9-15)17-19(11-22,12-23)20(13-24)16-5-3-2-4-10-21(16,27-17)28-18(20)25/h6-9,16-17,25H,2-5,10H2,1H3/t16-,17-,20+,21+/m0/s1. The molecule has 7 nitrogen and oxygen atoms in total. The van der Waals surface area contributed by atoms with Crippen LogP contribution in [0.3, 0.4) is 0 Å². The van der Waals surface area contributed by atoms with Crippen molar-refractivity contribution in [1.82, 2.24) is 0 Å². The molecule has 7 heteroatoms. The lowest BCUT2D eigenvalue weighted by Crippen LogP contribution is -2.59. The average molecular weight is 376 g/mol. The Labute approximate surface area is 163 Å². The van der Waals surface area contributed by atoms with Gasteiger partial charge in [0, 0.05) is 6.42 Å². The predicted molar refractivity (Wildman–Crippen MR) is 96.6 cm³/mol. The van der Waals surface area contributed by atoms with Gasteiger partial charge < -0.3 is 14.2 Å². The molecular weight excluding hydrogens is 356 g/mol. The molecule has 2 bridgehead atoms. The van der Waals surface area contributed by atoms with Crippen LogP contribution in [0.4, 0.5) is 0 Å². The SMILES string of the molecule is COc1ccc([C@@H]2O[C@@]34CCCCC[C@H]3[C@](C#N)(C(=N)O4)C2(C#N)C#N)cc1. The fraction of sp³-hybridized carbons (Fsp3) is 0.524. The first-order valence-corrected chi connectivity index (χ1v) is 9.37. The number of hydrogen-bond acceptors (Lipinski definition) is 7. The summed E-state index contributed by atoms with van der Waals surface area (Å²) in [6, 6.07) is 13.3. The molecule has 3 aliphatic rings. The van der Waals surface area contributed by atoms with Gasteiger partial charge in [0.15, 0.2) is 5.41 Å². The van der Waals surface area contributed by atoms with Crippen molar-refractivity contribution in [3.8, 4) is 24.0 Å². The van der Waals surface area contributed by atoms with Crippen molar-refractivity contribution in [2.75, 3.05) is 7.11 Å². The molecule has 1 aromatic carbocycles. The first kappa shape index (κ1) is 18.3. The van der Waals surface area contributed by atoms with E-state index in [-0.39, 0.29) is 5.90 Å². The topological polar surface area (TPSA) is 123 Å². The van der Waals surface area contributed by atoms with Gasteiger partial charge in [0.1, 0.15) is 11.9 Å². The largest absolute Gasteiger partial charge is 0.497 e. The summed E-state index contributed by atoms with van der Waals surface area (Å²) < 4.78 is 17.5. The molecule has 0 radical (unpaired) electrons. The number of benzene rings is 1. The van der Waals surface area contributed by atoms with Gasteiger partial charge in [-0.15, -0.1) is 0 Å². The Balaban J connectivity index is 1.96. The minimum Gasteiger partial charge on any atom is -0.497 e. The molecule has 0 unspecified atom stereocenters. The second-order valence-electron chi connectivity index (χ2n) is 7.62. The summed E-state index contributed by atoms with van der Waals surface area (Å²) in [5.41, 5.74) is -2.96. The summed E-state index contributed by atoms with van der Waals surface area (Å²) in [5, 5.41) is 39.2. The van der Waals surface area contributed by atoms with E-state index in [1.807, 2.05) is 0 Å². The van der Waals surface area contributed by atoms with Crippen molar-refractivity contribution in [3.05, 3.63) is 29.8 Å². The van der Waals surface area contributed by atoms with Crippen molar-refractivity contribution in [2.45, 2.75) is 44.0 Å². The molecule has 1 N–H and O–H groups in total. The molecule has 0 aromatic heterocycles. The Hall–Kier alpha value is -3.08. The third kappa shape index (κ3) is 2.02. The second-order valence-corrected chi connectivity index (χ2v) is 7.62. The van der Waals surface area contributed by atoms with Gasteiger partial charge in [-0.05, 0) is 30.5 Å². The quantitative estimate of drug-likeness (QED) is 0.841. The zero-order valence-electron chi connectivity index (χ0n) is 15.6. The van der Waals surface area contributed by atoms with Crippen LogP contribution >= 0.6 is 0 Å². The van der Waals surface area contributed by atoms with Crippen molar-refractivity contribution in [2.24, 2.45) is 16.7 Å². The number of hydrogen-bond donors (Lipinski definition) is 1. The van der Waals surface area contributed by atoms with Gasteiger partial charge in [-0.1, -0.05) is 25.0 Å². The van der Waals surface area contributed by atoms with Crippen LogP contribution in [0.1, 0.15) is 43.8 Å². The summed E-state index contributed by atoms with van der Waals surface area (Å²) in [6.45, 7) is 0. The van der Waals surface area contributed by atoms with E-state index in [9.17, 15) is 15.8 Å². The van der Waals surface area contributed by atoms with Gasteiger partial charge in [-0.3, -0.25) is 5.41 Å². The van der Waals surface area contributed by atoms with Crippen LogP contribution in [0.2, 0.25) is 0 Å². The highest BCUT2D eigenvalue weighted by Crippen LogP contribution is 2.68. The maximum atomic E-state index is 10.3. The zero-order chi connectivity index (χ0) is 20.0. The molecule has 0 spiro atoms. The fourth-order valence-corrected chi connectivity index (χ4v) is 5.12. The number of rotatable bonds is 2. The van der Waals surface area contributed by atoms with Crippen molar-refractivity contribution in [1.29, 1.82) is 21.2 Å². The number of nitrogens with zero attached hydrogens (tertiary/aromatic N) is 3. The third-order valence-corrected chi connectivity index (χ3v) is 6.48. The van der Waals surface area contributed by atoms with E-state index < -0.39 is 28.6 Å². The highest BCUT2D eigenvalue weighted by Gasteiger charge is 2.80. The molecule has 3 fully saturated rings. The van der Waals surface area contributed by atoms with Gasteiger partial charge in [0.25, 0.3) is 0 Å². The summed E-state index contributed by atoms with van der Waals surface area (Å²) in [7, 11) is 1.55. The summed E-state index contributed by atoms with van der Waals surface area (Å²) >= 11 is 0. The smallest absolute Gasteiger partial charge is 0.217 e. The first-order valence-electron chi connectivity index (χ1n) is 9.37. The van der Waals surface area contributed by atoms with Crippen LogP contribution in [0.15, 0.2) is 24.3 Å². The van der Waals surface area contributed by atoms with E-state index in [0.29, 0.717) is 24.2 Å².